The second kappa shape index (κ2) is 10.4. The number of nitrogens with zero attached hydrogens (tertiary/aromatic N) is 3. The van der Waals surface area contributed by atoms with E-state index < -0.39 is 39.5 Å². The maximum absolute atomic E-state index is 12.0. The molecule has 0 aliphatic carbocycles. The van der Waals surface area contributed by atoms with Gasteiger partial charge in [0.05, 0.1) is 41.9 Å². The third-order valence-corrected chi connectivity index (χ3v) is 3.68. The van der Waals surface area contributed by atoms with Crippen molar-refractivity contribution in [2.75, 3.05) is 20.3 Å². The number of aromatic hydroxyl groups is 1. The van der Waals surface area contributed by atoms with Crippen molar-refractivity contribution in [1.29, 1.82) is 0 Å². The first-order valence-electron chi connectivity index (χ1n) is 8.68. The number of phenolic OH excluding ortho intramolecular Hbond substituents is 1. The standard InChI is InChI=1S/C18H18N4O9/c1-3-30-15-6-11(4-5-14(15)23)9-19-20-17(24)10-31-18-13(22(27)28)7-12(21(25)26)8-16(18)29-2/h4-9,23H,3,10H2,1-2H3,(H,20,24)/b19-9-. The molecule has 2 N–H and O–H groups in total. The normalized spacial score (nSPS) is 10.5. The van der Waals surface area contributed by atoms with Crippen LogP contribution in [0.5, 0.6) is 23.0 Å². The van der Waals surface area contributed by atoms with Gasteiger partial charge in [0.2, 0.25) is 5.75 Å². The predicted octanol–water partition coefficient (Wildman–Crippen LogP) is 2.15. The zero-order valence-corrected chi connectivity index (χ0v) is 16.4. The molecule has 164 valence electrons. The molecule has 31 heavy (non-hydrogen) atoms. The summed E-state index contributed by atoms with van der Waals surface area (Å²) in [6.07, 6.45) is 1.29. The van der Waals surface area contributed by atoms with Crippen LogP contribution in [-0.4, -0.2) is 47.4 Å². The SMILES string of the molecule is CCOc1cc(/C=N\NC(=O)COc2c(OC)cc([N+](=O)[O-])cc2[N+](=O)[O-])ccc1O. The van der Waals surface area contributed by atoms with Crippen LogP contribution in [0.4, 0.5) is 11.4 Å². The third kappa shape index (κ3) is 6.03. The van der Waals surface area contributed by atoms with Gasteiger partial charge in [-0.15, -0.1) is 0 Å². The number of hydrogen-bond acceptors (Lipinski definition) is 10. The van der Waals surface area contributed by atoms with E-state index in [1.165, 1.54) is 24.4 Å². The minimum Gasteiger partial charge on any atom is -0.504 e. The number of amides is 1. The number of methoxy groups -OCH3 is 1. The van der Waals surface area contributed by atoms with Gasteiger partial charge in [-0.3, -0.25) is 25.0 Å². The molecule has 2 aromatic carbocycles. The minimum atomic E-state index is -0.887. The lowest BCUT2D eigenvalue weighted by Crippen LogP contribution is -2.25. The van der Waals surface area contributed by atoms with Crippen LogP contribution in [0.1, 0.15) is 12.5 Å². The molecule has 2 aromatic rings. The Kier molecular flexibility index (Phi) is 7.66. The molecule has 13 nitrogen and oxygen atoms in total. The largest absolute Gasteiger partial charge is 0.504 e. The van der Waals surface area contributed by atoms with Gasteiger partial charge in [0.25, 0.3) is 11.6 Å². The van der Waals surface area contributed by atoms with Gasteiger partial charge in [-0.05, 0) is 30.7 Å². The number of ether oxygens (including phenoxy) is 3. The lowest BCUT2D eigenvalue weighted by atomic mass is 10.2. The van der Waals surface area contributed by atoms with Gasteiger partial charge in [0.15, 0.2) is 23.9 Å². The number of carbonyl (C=O) groups excluding carboxylic acids is 1. The molecule has 0 aliphatic heterocycles. The summed E-state index contributed by atoms with van der Waals surface area (Å²) in [5.74, 6) is -1.26. The van der Waals surface area contributed by atoms with Gasteiger partial charge in [-0.1, -0.05) is 0 Å². The van der Waals surface area contributed by atoms with Crippen molar-refractivity contribution in [2.24, 2.45) is 5.10 Å². The van der Waals surface area contributed by atoms with E-state index in [2.05, 4.69) is 10.5 Å². The highest BCUT2D eigenvalue weighted by Crippen LogP contribution is 2.40. The van der Waals surface area contributed by atoms with E-state index in [-0.39, 0.29) is 17.2 Å². The lowest BCUT2D eigenvalue weighted by molar-refractivity contribution is -0.394. The van der Waals surface area contributed by atoms with E-state index in [1.54, 1.807) is 6.92 Å². The maximum Gasteiger partial charge on any atom is 0.321 e. The van der Waals surface area contributed by atoms with E-state index >= 15 is 0 Å². The Hall–Kier alpha value is -4.42. The second-order valence-electron chi connectivity index (χ2n) is 5.75. The van der Waals surface area contributed by atoms with Gasteiger partial charge < -0.3 is 19.3 Å². The van der Waals surface area contributed by atoms with Crippen LogP contribution >= 0.6 is 0 Å². The van der Waals surface area contributed by atoms with Gasteiger partial charge >= 0.3 is 5.69 Å². The quantitative estimate of drug-likeness (QED) is 0.322. The number of nitro benzene ring substituents is 2. The Bertz CT molecular complexity index is 1020. The van der Waals surface area contributed by atoms with E-state index in [0.717, 1.165) is 13.2 Å². The van der Waals surface area contributed by atoms with Crippen LogP contribution in [0, 0.1) is 20.2 Å². The van der Waals surface area contributed by atoms with Gasteiger partial charge in [0, 0.05) is 0 Å². The van der Waals surface area contributed by atoms with Crippen molar-refractivity contribution in [1.82, 2.24) is 5.43 Å². The van der Waals surface area contributed by atoms with E-state index in [1.807, 2.05) is 0 Å². The number of benzene rings is 2. The number of hydrogen-bond donors (Lipinski definition) is 2. The monoisotopic (exact) mass is 434 g/mol. The molecule has 0 radical (unpaired) electrons. The lowest BCUT2D eigenvalue weighted by Gasteiger charge is -2.10. The number of phenols is 1. The Morgan fingerprint density at radius 3 is 2.52 bits per heavy atom. The third-order valence-electron chi connectivity index (χ3n) is 3.68. The number of hydrazone groups is 1. The first-order chi connectivity index (χ1) is 14.8. The molecular weight excluding hydrogens is 416 g/mol. The molecule has 0 bridgehead atoms. The van der Waals surface area contributed by atoms with Gasteiger partial charge in [-0.2, -0.15) is 5.10 Å². The van der Waals surface area contributed by atoms with Crippen LogP contribution in [0.15, 0.2) is 35.4 Å². The number of rotatable bonds is 10. The summed E-state index contributed by atoms with van der Waals surface area (Å²) < 4.78 is 15.3. The van der Waals surface area contributed by atoms with E-state index in [4.69, 9.17) is 14.2 Å². The van der Waals surface area contributed by atoms with Crippen molar-refractivity contribution in [3.05, 3.63) is 56.1 Å². The summed E-state index contributed by atoms with van der Waals surface area (Å²) in [5.41, 5.74) is 1.40. The molecule has 0 saturated heterocycles. The fraction of sp³-hybridized carbons (Fsp3) is 0.222. The molecule has 0 spiro atoms. The van der Waals surface area contributed by atoms with E-state index in [9.17, 15) is 30.1 Å². The zero-order chi connectivity index (χ0) is 23.0. The summed E-state index contributed by atoms with van der Waals surface area (Å²) in [6.45, 7) is 1.43. The highest BCUT2D eigenvalue weighted by molar-refractivity contribution is 5.83. The number of non-ortho nitro benzene ring substituents is 1. The smallest absolute Gasteiger partial charge is 0.321 e. The molecule has 0 aromatic heterocycles. The molecule has 0 atom stereocenters. The summed E-state index contributed by atoms with van der Waals surface area (Å²) in [7, 11) is 1.15. The fourth-order valence-corrected chi connectivity index (χ4v) is 2.34. The molecule has 1 amide bonds. The molecule has 0 saturated carbocycles. The van der Waals surface area contributed by atoms with E-state index in [0.29, 0.717) is 18.2 Å². The summed E-state index contributed by atoms with van der Waals surface area (Å²) >= 11 is 0. The predicted molar refractivity (Wildman–Crippen MR) is 107 cm³/mol. The van der Waals surface area contributed by atoms with Gasteiger partial charge in [-0.25, -0.2) is 5.43 Å². The first kappa shape index (κ1) is 22.9. The number of nitro groups is 2. The summed E-state index contributed by atoms with van der Waals surface area (Å²) in [4.78, 5) is 32.4. The molecule has 0 aliphatic rings. The van der Waals surface area contributed by atoms with Gasteiger partial charge in [0.1, 0.15) is 0 Å². The Morgan fingerprint density at radius 2 is 1.90 bits per heavy atom. The molecule has 13 heteroatoms. The first-order valence-corrected chi connectivity index (χ1v) is 8.68. The maximum atomic E-state index is 12.0. The fourth-order valence-electron chi connectivity index (χ4n) is 2.34. The Labute approximate surface area is 175 Å². The van der Waals surface area contributed by atoms with Crippen molar-refractivity contribution >= 4 is 23.5 Å². The molecular formula is C18H18N4O9. The molecule has 0 fully saturated rings. The summed E-state index contributed by atoms with van der Waals surface area (Å²) in [6, 6.07) is 6.09. The number of nitrogens with one attached hydrogen (secondary N) is 1. The Morgan fingerprint density at radius 1 is 1.16 bits per heavy atom. The zero-order valence-electron chi connectivity index (χ0n) is 16.4. The van der Waals surface area contributed by atoms with Crippen molar-refractivity contribution in [3.63, 3.8) is 0 Å². The Balaban J connectivity index is 2.07. The van der Waals surface area contributed by atoms with Crippen LogP contribution in [-0.2, 0) is 4.79 Å². The van der Waals surface area contributed by atoms with Crippen LogP contribution in [0.3, 0.4) is 0 Å². The topological polar surface area (TPSA) is 176 Å². The highest BCUT2D eigenvalue weighted by atomic mass is 16.6. The molecule has 0 unspecified atom stereocenters. The molecule has 2 rings (SSSR count). The average molecular weight is 434 g/mol. The van der Waals surface area contributed by atoms with Crippen LogP contribution < -0.4 is 19.6 Å². The summed E-state index contributed by atoms with van der Waals surface area (Å²) in [5, 5.41) is 35.5. The van der Waals surface area contributed by atoms with Crippen LogP contribution in [0.2, 0.25) is 0 Å². The highest BCUT2D eigenvalue weighted by Gasteiger charge is 2.27. The van der Waals surface area contributed by atoms with Crippen molar-refractivity contribution in [2.45, 2.75) is 6.92 Å². The second-order valence-corrected chi connectivity index (χ2v) is 5.75. The van der Waals surface area contributed by atoms with Crippen molar-refractivity contribution < 1.29 is 34.0 Å². The van der Waals surface area contributed by atoms with Crippen LogP contribution in [0.25, 0.3) is 0 Å². The molecule has 0 heterocycles. The number of carbonyl (C=O) groups is 1. The van der Waals surface area contributed by atoms with Crippen molar-refractivity contribution in [3.8, 4) is 23.0 Å². The minimum absolute atomic E-state index is 0.0462. The average Bonchev–Trinajstić information content (AvgIpc) is 2.73.